The van der Waals surface area contributed by atoms with E-state index in [4.69, 9.17) is 47.3 Å². The Bertz CT molecular complexity index is 2740. The quantitative estimate of drug-likeness (QED) is 0.0364. The molecule has 350 valence electrons. The van der Waals surface area contributed by atoms with Gasteiger partial charge in [0.2, 0.25) is 17.3 Å². The van der Waals surface area contributed by atoms with Gasteiger partial charge in [-0.05, 0) is 94.0 Å². The Morgan fingerprint density at radius 1 is 0.701 bits per heavy atom. The molecule has 6 aromatic rings. The number of amides is 1. The fourth-order valence-electron chi connectivity index (χ4n) is 6.39. The van der Waals surface area contributed by atoms with Crippen molar-refractivity contribution in [1.82, 2.24) is 20.5 Å². The van der Waals surface area contributed by atoms with E-state index in [9.17, 15) is 34.5 Å². The third kappa shape index (κ3) is 15.9. The number of carboxylic acids is 1. The zero-order valence-corrected chi connectivity index (χ0v) is 39.4. The lowest BCUT2D eigenvalue weighted by atomic mass is 9.83. The van der Waals surface area contributed by atoms with E-state index in [1.54, 1.807) is 100 Å². The largest absolute Gasteiger partial charge is 0.481 e. The van der Waals surface area contributed by atoms with Gasteiger partial charge in [-0.15, -0.1) is 5.10 Å². The van der Waals surface area contributed by atoms with E-state index in [1.165, 1.54) is 13.8 Å². The van der Waals surface area contributed by atoms with Crippen molar-refractivity contribution in [3.63, 3.8) is 0 Å². The van der Waals surface area contributed by atoms with Crippen molar-refractivity contribution in [2.75, 3.05) is 13.1 Å². The molecule has 0 aliphatic rings. The van der Waals surface area contributed by atoms with Gasteiger partial charge in [0.05, 0.1) is 59.3 Å². The van der Waals surface area contributed by atoms with Gasteiger partial charge in [0, 0.05) is 11.1 Å². The number of para-hydroxylation sites is 1. The lowest BCUT2D eigenvalue weighted by Crippen LogP contribution is -2.45. The molecule has 17 heteroatoms. The highest BCUT2D eigenvalue weighted by molar-refractivity contribution is 6.34. The molecule has 0 aliphatic heterocycles. The number of ketones is 2. The van der Waals surface area contributed by atoms with Crippen LogP contribution in [0, 0.1) is 38.8 Å². The second kappa shape index (κ2) is 25.1. The van der Waals surface area contributed by atoms with Gasteiger partial charge in [0.1, 0.15) is 11.0 Å². The molecule has 1 aromatic heterocycles. The van der Waals surface area contributed by atoms with E-state index in [0.717, 1.165) is 16.0 Å². The fourth-order valence-corrected chi connectivity index (χ4v) is 6.85. The number of aliphatic hydroxyl groups is 2. The van der Waals surface area contributed by atoms with Crippen molar-refractivity contribution in [2.24, 2.45) is 17.6 Å². The van der Waals surface area contributed by atoms with Gasteiger partial charge in [-0.2, -0.15) is 0 Å². The first kappa shape index (κ1) is 54.4. The van der Waals surface area contributed by atoms with E-state index in [0.29, 0.717) is 54.7 Å². The SMILES string of the molecule is NCC(=O)c1ccccc1.On1nnc2ccccc21.[C-]#[N+]c1ccc(C[C@@H](C(=O)NCC(=O)c2ccccc2)C(C)(C)O)c(C)c1Cl.[C-]#[N+]c1ccc(C[C@@H](C(=O)O)C(C)(C)O)c(C)c1Cl. The van der Waals surface area contributed by atoms with Crippen LogP contribution in [-0.2, 0) is 22.4 Å². The number of fused-ring (bicyclic) bond motifs is 1. The van der Waals surface area contributed by atoms with Crippen LogP contribution in [-0.4, -0.2) is 83.4 Å². The first-order valence-corrected chi connectivity index (χ1v) is 21.4. The van der Waals surface area contributed by atoms with Gasteiger partial charge in [0.25, 0.3) is 0 Å². The minimum atomic E-state index is -1.33. The van der Waals surface area contributed by atoms with Gasteiger partial charge >= 0.3 is 5.97 Å². The summed E-state index contributed by atoms with van der Waals surface area (Å²) in [5.74, 6) is -3.41. The van der Waals surface area contributed by atoms with E-state index in [2.05, 4.69) is 25.3 Å². The number of aliphatic carboxylic acids is 1. The summed E-state index contributed by atoms with van der Waals surface area (Å²) in [5, 5.41) is 49.0. The Labute approximate surface area is 399 Å². The molecule has 0 saturated heterocycles. The summed E-state index contributed by atoms with van der Waals surface area (Å²) >= 11 is 12.3. The molecule has 2 atom stereocenters. The van der Waals surface area contributed by atoms with Crippen LogP contribution in [0.3, 0.4) is 0 Å². The zero-order valence-electron chi connectivity index (χ0n) is 37.9. The number of Topliss-reactive ketones (excluding diaryl/α,β-unsaturated/α-hetero) is 2. The van der Waals surface area contributed by atoms with Gasteiger partial charge in [0.15, 0.2) is 11.6 Å². The Hall–Kier alpha value is -6.98. The predicted octanol–water partition coefficient (Wildman–Crippen LogP) is 8.84. The maximum Gasteiger partial charge on any atom is 0.309 e. The summed E-state index contributed by atoms with van der Waals surface area (Å²) < 4.78 is 0. The predicted molar refractivity (Wildman–Crippen MR) is 258 cm³/mol. The van der Waals surface area contributed by atoms with Crippen LogP contribution in [0.4, 0.5) is 11.4 Å². The van der Waals surface area contributed by atoms with Crippen molar-refractivity contribution in [3.8, 4) is 0 Å². The monoisotopic (exact) mass is 949 g/mol. The van der Waals surface area contributed by atoms with Crippen LogP contribution in [0.25, 0.3) is 20.7 Å². The lowest BCUT2D eigenvalue weighted by molar-refractivity contribution is -0.149. The minimum Gasteiger partial charge on any atom is -0.481 e. The summed E-state index contributed by atoms with van der Waals surface area (Å²) in [6, 6.07) is 31.5. The maximum absolute atomic E-state index is 12.7. The van der Waals surface area contributed by atoms with E-state index < -0.39 is 34.9 Å². The summed E-state index contributed by atoms with van der Waals surface area (Å²) in [6.07, 6.45) is 0.404. The molecule has 1 heterocycles. The third-order valence-electron chi connectivity index (χ3n) is 10.5. The summed E-state index contributed by atoms with van der Waals surface area (Å²) in [4.78, 5) is 54.5. The molecule has 1 amide bonds. The fraction of sp³-hybridized carbons (Fsp3) is 0.280. The smallest absolute Gasteiger partial charge is 0.309 e. The van der Waals surface area contributed by atoms with Crippen LogP contribution in [0.15, 0.2) is 109 Å². The average Bonchev–Trinajstić information content (AvgIpc) is 3.69. The number of nitrogens with one attached hydrogen (secondary N) is 1. The van der Waals surface area contributed by atoms with E-state index in [1.807, 2.05) is 36.4 Å². The number of aromatic nitrogens is 3. The second-order valence-electron chi connectivity index (χ2n) is 16.2. The van der Waals surface area contributed by atoms with Crippen LogP contribution in [0.2, 0.25) is 10.0 Å². The number of rotatable bonds is 13. The molecule has 0 spiro atoms. The number of halogens is 2. The van der Waals surface area contributed by atoms with Crippen molar-refractivity contribution in [3.05, 3.63) is 175 Å². The standard InChI is InChI=1S/C22H23ClN2O3.C14H16ClNO3.C8H9NO.C6H5N3O/c1-14-16(10-11-18(24-4)20(14)23)12-17(22(2,3)28)21(27)25-13-19(26)15-8-6-5-7-9-15;1-8-9(5-6-11(16-4)12(8)15)7-10(13(17)18)14(2,3)19;9-6-8(10)7-4-2-1-3-5-7;10-9-6-4-2-1-3-5(6)7-8-9/h5-11,17,28H,12-13H2,1-3H3,(H,25,27);5-6,10,19H,7H2,1-3H3,(H,17,18);1-5H,6,9H2;1-4,10H/t17-;10-;;/m00../s1. The summed E-state index contributed by atoms with van der Waals surface area (Å²) in [6.45, 7) is 23.6. The number of carbonyl (C=O) groups is 4. The van der Waals surface area contributed by atoms with Crippen molar-refractivity contribution >= 4 is 69.1 Å². The molecule has 0 saturated carbocycles. The highest BCUT2D eigenvalue weighted by Gasteiger charge is 2.35. The lowest BCUT2D eigenvalue weighted by Gasteiger charge is -2.29. The van der Waals surface area contributed by atoms with E-state index in [-0.39, 0.29) is 37.5 Å². The van der Waals surface area contributed by atoms with Crippen molar-refractivity contribution in [1.29, 1.82) is 0 Å². The molecular formula is C50H53Cl2N7O8. The Kier molecular flexibility index (Phi) is 20.3. The van der Waals surface area contributed by atoms with Gasteiger partial charge in [-0.25, -0.2) is 9.69 Å². The van der Waals surface area contributed by atoms with Crippen molar-refractivity contribution < 1.29 is 39.7 Å². The van der Waals surface area contributed by atoms with E-state index >= 15 is 0 Å². The summed E-state index contributed by atoms with van der Waals surface area (Å²) in [7, 11) is 0. The highest BCUT2D eigenvalue weighted by atomic mass is 35.5. The van der Waals surface area contributed by atoms with Gasteiger partial charge in [-0.3, -0.25) is 19.2 Å². The topological polar surface area (TPSA) is 227 Å². The third-order valence-corrected chi connectivity index (χ3v) is 11.5. The highest BCUT2D eigenvalue weighted by Crippen LogP contribution is 2.34. The van der Waals surface area contributed by atoms with Crippen molar-refractivity contribution in [2.45, 2.75) is 65.6 Å². The zero-order chi connectivity index (χ0) is 50.1. The number of carbonyl (C=O) groups excluding carboxylic acids is 3. The average molecular weight is 951 g/mol. The van der Waals surface area contributed by atoms with Crippen LogP contribution in [0.1, 0.15) is 70.7 Å². The molecular weight excluding hydrogens is 897 g/mol. The molecule has 0 aliphatic carbocycles. The summed E-state index contributed by atoms with van der Waals surface area (Å²) in [5.41, 5.74) is 8.63. The van der Waals surface area contributed by atoms with Crippen LogP contribution in [0.5, 0.6) is 0 Å². The van der Waals surface area contributed by atoms with Crippen LogP contribution >= 0.6 is 23.2 Å². The first-order valence-electron chi connectivity index (χ1n) is 20.7. The maximum atomic E-state index is 12.7. The Morgan fingerprint density at radius 2 is 1.13 bits per heavy atom. The number of hydrogen-bond acceptors (Lipinski definition) is 10. The van der Waals surface area contributed by atoms with Gasteiger partial charge < -0.3 is 31.6 Å². The molecule has 15 nitrogen and oxygen atoms in total. The number of nitrogens with zero attached hydrogens (tertiary/aromatic N) is 5. The molecule has 6 rings (SSSR count). The number of hydrogen-bond donors (Lipinski definition) is 6. The molecule has 0 unspecified atom stereocenters. The normalized spacial score (nSPS) is 11.7. The molecule has 5 aromatic carbocycles. The number of nitrogens with two attached hydrogens (primary N) is 1. The number of carboxylic acid groups (broad SMARTS) is 1. The number of benzene rings is 5. The molecule has 7 N–H and O–H groups in total. The molecule has 0 bridgehead atoms. The second-order valence-corrected chi connectivity index (χ2v) is 17.0. The Morgan fingerprint density at radius 3 is 1.55 bits per heavy atom. The first-order chi connectivity index (χ1) is 31.5. The minimum absolute atomic E-state index is 0.0133. The molecule has 67 heavy (non-hydrogen) atoms. The Balaban J connectivity index is 0.000000260. The molecule has 0 fully saturated rings. The molecule has 0 radical (unpaired) electrons. The van der Waals surface area contributed by atoms with Gasteiger partial charge in [-0.1, -0.05) is 125 Å². The van der Waals surface area contributed by atoms with Crippen LogP contribution < -0.4 is 11.1 Å².